The first-order chi connectivity index (χ1) is 10.7. The van der Waals surface area contributed by atoms with E-state index in [-0.39, 0.29) is 23.9 Å². The third-order valence-electron chi connectivity index (χ3n) is 4.47. The summed E-state index contributed by atoms with van der Waals surface area (Å²) in [4.78, 5) is 24.0. The second kappa shape index (κ2) is 11.5. The minimum absolute atomic E-state index is 0.123. The number of amides is 2. The van der Waals surface area contributed by atoms with E-state index in [1.807, 2.05) is 0 Å². The smallest absolute Gasteiger partial charge is 0.220 e. The molecule has 0 spiro atoms. The molecule has 2 N–H and O–H groups in total. The highest BCUT2D eigenvalue weighted by atomic mass is 16.2. The molecule has 1 aliphatic carbocycles. The Labute approximate surface area is 135 Å². The predicted octanol–water partition coefficient (Wildman–Crippen LogP) is 3.69. The zero-order valence-electron chi connectivity index (χ0n) is 14.5. The van der Waals surface area contributed by atoms with Crippen LogP contribution >= 0.6 is 0 Å². The van der Waals surface area contributed by atoms with E-state index < -0.39 is 0 Å². The first kappa shape index (κ1) is 19.0. The van der Waals surface area contributed by atoms with Crippen LogP contribution in [-0.4, -0.2) is 23.9 Å². The number of carbonyl (C=O) groups excluding carboxylic acids is 2. The summed E-state index contributed by atoms with van der Waals surface area (Å²) in [6, 6.07) is 0.246. The van der Waals surface area contributed by atoms with E-state index in [4.69, 9.17) is 0 Å². The standard InChI is InChI=1S/C18H34N2O2/c1-3-5-7-13-17(21)19-15-11-9-10-12-16(15)20-18(22)14-8-6-4-2/h15-16H,3-14H2,1-2H3,(H,19,21)(H,20,22). The summed E-state index contributed by atoms with van der Waals surface area (Å²) in [5.41, 5.74) is 0. The van der Waals surface area contributed by atoms with Gasteiger partial charge in [0, 0.05) is 24.9 Å². The summed E-state index contributed by atoms with van der Waals surface area (Å²) in [7, 11) is 0. The van der Waals surface area contributed by atoms with Crippen molar-refractivity contribution in [3.05, 3.63) is 0 Å². The van der Waals surface area contributed by atoms with Gasteiger partial charge in [0.25, 0.3) is 0 Å². The van der Waals surface area contributed by atoms with Gasteiger partial charge in [-0.3, -0.25) is 9.59 Å². The topological polar surface area (TPSA) is 58.2 Å². The minimum atomic E-state index is 0.123. The van der Waals surface area contributed by atoms with Crippen LogP contribution in [0.2, 0.25) is 0 Å². The molecule has 4 nitrogen and oxygen atoms in total. The van der Waals surface area contributed by atoms with Crippen LogP contribution in [-0.2, 0) is 9.59 Å². The molecule has 2 unspecified atom stereocenters. The van der Waals surface area contributed by atoms with Gasteiger partial charge in [-0.05, 0) is 25.7 Å². The number of nitrogens with one attached hydrogen (secondary N) is 2. The van der Waals surface area contributed by atoms with E-state index in [0.717, 1.165) is 64.2 Å². The van der Waals surface area contributed by atoms with Gasteiger partial charge < -0.3 is 10.6 Å². The van der Waals surface area contributed by atoms with Crippen LogP contribution in [0.3, 0.4) is 0 Å². The molecule has 22 heavy (non-hydrogen) atoms. The quantitative estimate of drug-likeness (QED) is 0.605. The van der Waals surface area contributed by atoms with Gasteiger partial charge >= 0.3 is 0 Å². The first-order valence-electron chi connectivity index (χ1n) is 9.26. The normalized spacial score (nSPS) is 21.4. The molecule has 0 aromatic heterocycles. The Morgan fingerprint density at radius 1 is 0.773 bits per heavy atom. The second-order valence-corrected chi connectivity index (χ2v) is 6.55. The molecule has 4 heteroatoms. The van der Waals surface area contributed by atoms with Crippen LogP contribution in [0.1, 0.15) is 90.9 Å². The average molecular weight is 310 g/mol. The molecule has 2 amide bonds. The molecule has 1 fully saturated rings. The van der Waals surface area contributed by atoms with E-state index in [9.17, 15) is 9.59 Å². The zero-order chi connectivity index (χ0) is 16.2. The Balaban J connectivity index is 2.35. The number of hydrogen-bond acceptors (Lipinski definition) is 2. The van der Waals surface area contributed by atoms with Crippen LogP contribution in [0.25, 0.3) is 0 Å². The predicted molar refractivity (Wildman–Crippen MR) is 90.6 cm³/mol. The largest absolute Gasteiger partial charge is 0.351 e. The first-order valence-corrected chi connectivity index (χ1v) is 9.26. The molecule has 0 aliphatic heterocycles. The Hall–Kier alpha value is -1.06. The molecule has 128 valence electrons. The Morgan fingerprint density at radius 3 is 1.55 bits per heavy atom. The van der Waals surface area contributed by atoms with Crippen LogP contribution in [0.5, 0.6) is 0 Å². The van der Waals surface area contributed by atoms with Crippen molar-refractivity contribution in [3.63, 3.8) is 0 Å². The Bertz CT molecular complexity index is 299. The van der Waals surface area contributed by atoms with Gasteiger partial charge in [-0.1, -0.05) is 52.4 Å². The number of rotatable bonds is 10. The van der Waals surface area contributed by atoms with E-state index in [1.165, 1.54) is 0 Å². The highest BCUT2D eigenvalue weighted by Gasteiger charge is 2.27. The summed E-state index contributed by atoms with van der Waals surface area (Å²) in [5.74, 6) is 0.288. The van der Waals surface area contributed by atoms with Crippen molar-refractivity contribution in [1.29, 1.82) is 0 Å². The van der Waals surface area contributed by atoms with Crippen molar-refractivity contribution in [1.82, 2.24) is 10.6 Å². The third kappa shape index (κ3) is 7.81. The number of carbonyl (C=O) groups is 2. The van der Waals surface area contributed by atoms with Gasteiger partial charge in [0.2, 0.25) is 11.8 Å². The molecule has 0 aromatic carbocycles. The molecule has 0 heterocycles. The highest BCUT2D eigenvalue weighted by Crippen LogP contribution is 2.19. The minimum Gasteiger partial charge on any atom is -0.351 e. The molecule has 0 aromatic rings. The van der Waals surface area contributed by atoms with E-state index >= 15 is 0 Å². The molecular formula is C18H34N2O2. The van der Waals surface area contributed by atoms with Crippen LogP contribution in [0.15, 0.2) is 0 Å². The highest BCUT2D eigenvalue weighted by molar-refractivity contribution is 5.77. The zero-order valence-corrected chi connectivity index (χ0v) is 14.5. The van der Waals surface area contributed by atoms with E-state index in [1.54, 1.807) is 0 Å². The molecule has 2 atom stereocenters. The lowest BCUT2D eigenvalue weighted by atomic mass is 9.90. The Morgan fingerprint density at radius 2 is 1.18 bits per heavy atom. The van der Waals surface area contributed by atoms with E-state index in [2.05, 4.69) is 24.5 Å². The van der Waals surface area contributed by atoms with Crippen molar-refractivity contribution in [2.45, 2.75) is 103 Å². The lowest BCUT2D eigenvalue weighted by molar-refractivity contribution is -0.125. The summed E-state index contributed by atoms with van der Waals surface area (Å²) in [6.45, 7) is 4.28. The average Bonchev–Trinajstić information content (AvgIpc) is 2.50. The molecule has 1 rings (SSSR count). The van der Waals surface area contributed by atoms with Crippen molar-refractivity contribution in [3.8, 4) is 0 Å². The van der Waals surface area contributed by atoms with Crippen molar-refractivity contribution in [2.24, 2.45) is 0 Å². The van der Waals surface area contributed by atoms with Gasteiger partial charge in [-0.2, -0.15) is 0 Å². The van der Waals surface area contributed by atoms with Gasteiger partial charge in [-0.25, -0.2) is 0 Å². The molecular weight excluding hydrogens is 276 g/mol. The molecule has 1 aliphatic rings. The van der Waals surface area contributed by atoms with Crippen molar-refractivity contribution in [2.75, 3.05) is 0 Å². The monoisotopic (exact) mass is 310 g/mol. The molecule has 0 saturated heterocycles. The van der Waals surface area contributed by atoms with Gasteiger partial charge in [0.15, 0.2) is 0 Å². The van der Waals surface area contributed by atoms with Crippen LogP contribution < -0.4 is 10.6 Å². The van der Waals surface area contributed by atoms with Gasteiger partial charge in [0.1, 0.15) is 0 Å². The Kier molecular flexibility index (Phi) is 9.93. The van der Waals surface area contributed by atoms with Crippen molar-refractivity contribution < 1.29 is 9.59 Å². The van der Waals surface area contributed by atoms with Gasteiger partial charge in [-0.15, -0.1) is 0 Å². The van der Waals surface area contributed by atoms with Gasteiger partial charge in [0.05, 0.1) is 0 Å². The fourth-order valence-corrected chi connectivity index (χ4v) is 3.11. The molecule has 1 saturated carbocycles. The maximum atomic E-state index is 12.0. The SMILES string of the molecule is CCCCCC(=O)NC1CCCCC1NC(=O)CCCCC. The summed E-state index contributed by atoms with van der Waals surface area (Å²) >= 11 is 0. The van der Waals surface area contributed by atoms with Crippen molar-refractivity contribution >= 4 is 11.8 Å². The summed E-state index contributed by atoms with van der Waals surface area (Å²) in [5, 5.41) is 6.29. The third-order valence-corrected chi connectivity index (χ3v) is 4.47. The fraction of sp³-hybridized carbons (Fsp3) is 0.889. The van der Waals surface area contributed by atoms with E-state index in [0.29, 0.717) is 12.8 Å². The maximum absolute atomic E-state index is 12.0. The summed E-state index contributed by atoms with van der Waals surface area (Å²) < 4.78 is 0. The lowest BCUT2D eigenvalue weighted by Crippen LogP contribution is -2.53. The summed E-state index contributed by atoms with van der Waals surface area (Å²) in [6.07, 6.45) is 11.9. The number of unbranched alkanes of at least 4 members (excludes halogenated alkanes) is 4. The van der Waals surface area contributed by atoms with Crippen LogP contribution in [0.4, 0.5) is 0 Å². The molecule has 0 radical (unpaired) electrons. The molecule has 0 bridgehead atoms. The number of hydrogen-bond donors (Lipinski definition) is 2. The maximum Gasteiger partial charge on any atom is 0.220 e. The lowest BCUT2D eigenvalue weighted by Gasteiger charge is -2.33. The fourth-order valence-electron chi connectivity index (χ4n) is 3.11. The van der Waals surface area contributed by atoms with Crippen LogP contribution in [0, 0.1) is 0 Å². The second-order valence-electron chi connectivity index (χ2n) is 6.55.